The van der Waals surface area contributed by atoms with Gasteiger partial charge in [-0.25, -0.2) is 8.42 Å². The third-order valence-electron chi connectivity index (χ3n) is 5.67. The molecular formula is C23H23ClN2O5S. The second kappa shape index (κ2) is 8.33. The van der Waals surface area contributed by atoms with Crippen molar-refractivity contribution in [2.45, 2.75) is 29.7 Å². The Morgan fingerprint density at radius 1 is 1.09 bits per heavy atom. The van der Waals surface area contributed by atoms with Crippen LogP contribution >= 0.6 is 11.6 Å². The summed E-state index contributed by atoms with van der Waals surface area (Å²) >= 11 is 6.14. The summed E-state index contributed by atoms with van der Waals surface area (Å²) in [5.74, 6) is 1.84. The van der Waals surface area contributed by atoms with Gasteiger partial charge in [-0.1, -0.05) is 24.6 Å². The number of aromatic nitrogens is 1. The summed E-state index contributed by atoms with van der Waals surface area (Å²) in [4.78, 5) is 6.51. The highest BCUT2D eigenvalue weighted by Gasteiger charge is 2.33. The van der Waals surface area contributed by atoms with E-state index in [-0.39, 0.29) is 21.7 Å². The van der Waals surface area contributed by atoms with E-state index in [1.165, 1.54) is 12.1 Å². The summed E-state index contributed by atoms with van der Waals surface area (Å²) in [6, 6.07) is 11.6. The van der Waals surface area contributed by atoms with E-state index in [2.05, 4.69) is 11.9 Å². The van der Waals surface area contributed by atoms with Crippen molar-refractivity contribution in [2.75, 3.05) is 31.2 Å². The maximum Gasteiger partial charge on any atom is 0.236 e. The Hall–Kier alpha value is -2.71. The van der Waals surface area contributed by atoms with Crippen molar-refractivity contribution < 1.29 is 22.3 Å². The zero-order chi connectivity index (χ0) is 22.3. The number of rotatable bonds is 4. The first-order valence-electron chi connectivity index (χ1n) is 10.6. The molecule has 2 aliphatic heterocycles. The fourth-order valence-corrected chi connectivity index (χ4v) is 5.62. The number of hydrogen-bond donors (Lipinski definition) is 0. The molecule has 0 radical (unpaired) electrons. The number of hydrogen-bond acceptors (Lipinski definition) is 7. The average Bonchev–Trinajstić information content (AvgIpc) is 3.25. The summed E-state index contributed by atoms with van der Waals surface area (Å²) in [7, 11) is -3.98. The molecule has 1 atom stereocenters. The predicted molar refractivity (Wildman–Crippen MR) is 120 cm³/mol. The second-order valence-electron chi connectivity index (χ2n) is 8.14. The normalized spacial score (nSPS) is 18.6. The minimum absolute atomic E-state index is 0.0824. The van der Waals surface area contributed by atoms with Gasteiger partial charge in [0, 0.05) is 29.7 Å². The molecule has 0 spiro atoms. The zero-order valence-corrected chi connectivity index (χ0v) is 19.2. The molecule has 1 saturated heterocycles. The predicted octanol–water partition coefficient (Wildman–Crippen LogP) is 4.84. The SMILES string of the molecule is CC1CCCN(c2oc(-c3cccc(Cl)c3)nc2S(=O)(=O)c2ccc3c(c2)OCCO3)C1. The number of anilines is 1. The first-order valence-corrected chi connectivity index (χ1v) is 12.4. The van der Waals surface area contributed by atoms with E-state index in [9.17, 15) is 8.42 Å². The second-order valence-corrected chi connectivity index (χ2v) is 10.4. The molecule has 32 heavy (non-hydrogen) atoms. The van der Waals surface area contributed by atoms with E-state index in [0.29, 0.717) is 54.3 Å². The Bertz CT molecular complexity index is 1260. The van der Waals surface area contributed by atoms with Crippen LogP contribution in [0.5, 0.6) is 11.5 Å². The first kappa shape index (κ1) is 21.2. The molecule has 0 saturated carbocycles. The third kappa shape index (κ3) is 3.93. The van der Waals surface area contributed by atoms with Gasteiger partial charge < -0.3 is 18.8 Å². The van der Waals surface area contributed by atoms with E-state index < -0.39 is 9.84 Å². The number of nitrogens with zero attached hydrogens (tertiary/aromatic N) is 2. The first-order chi connectivity index (χ1) is 15.4. The lowest BCUT2D eigenvalue weighted by Crippen LogP contribution is -2.34. The number of benzene rings is 2. The molecule has 9 heteroatoms. The monoisotopic (exact) mass is 474 g/mol. The van der Waals surface area contributed by atoms with Crippen molar-refractivity contribution in [2.24, 2.45) is 5.92 Å². The van der Waals surface area contributed by atoms with Crippen LogP contribution in [0.4, 0.5) is 5.88 Å². The molecular weight excluding hydrogens is 452 g/mol. The molecule has 0 amide bonds. The van der Waals surface area contributed by atoms with E-state index in [4.69, 9.17) is 25.5 Å². The Morgan fingerprint density at radius 3 is 2.69 bits per heavy atom. The van der Waals surface area contributed by atoms with Crippen molar-refractivity contribution in [1.29, 1.82) is 0 Å². The largest absolute Gasteiger partial charge is 0.486 e. The Balaban J connectivity index is 1.62. The molecule has 1 fully saturated rings. The van der Waals surface area contributed by atoms with Gasteiger partial charge in [-0.3, -0.25) is 0 Å². The smallest absolute Gasteiger partial charge is 0.236 e. The summed E-state index contributed by atoms with van der Waals surface area (Å²) in [6.45, 7) is 4.36. The molecule has 3 heterocycles. The summed E-state index contributed by atoms with van der Waals surface area (Å²) in [5.41, 5.74) is 0.618. The zero-order valence-electron chi connectivity index (χ0n) is 17.6. The quantitative estimate of drug-likeness (QED) is 0.535. The van der Waals surface area contributed by atoms with Crippen LogP contribution in [0.15, 0.2) is 56.8 Å². The van der Waals surface area contributed by atoms with Gasteiger partial charge in [0.05, 0.1) is 4.90 Å². The van der Waals surface area contributed by atoms with Crippen LogP contribution < -0.4 is 14.4 Å². The molecule has 5 rings (SSSR count). The standard InChI is InChI=1S/C23H23ClN2O5S/c1-15-4-3-9-26(14-15)23-22(25-21(31-23)16-5-2-6-17(24)12-16)32(27,28)18-7-8-19-20(13-18)30-11-10-29-19/h2,5-8,12-13,15H,3-4,9-11,14H2,1H3. The number of sulfone groups is 1. The number of oxazole rings is 1. The van der Waals surface area contributed by atoms with E-state index >= 15 is 0 Å². The van der Waals surface area contributed by atoms with Crippen LogP contribution in [0.2, 0.25) is 5.02 Å². The van der Waals surface area contributed by atoms with E-state index in [1.54, 1.807) is 30.3 Å². The van der Waals surface area contributed by atoms with Crippen LogP contribution in [0.3, 0.4) is 0 Å². The number of halogens is 1. The molecule has 3 aromatic rings. The lowest BCUT2D eigenvalue weighted by molar-refractivity contribution is 0.171. The van der Waals surface area contributed by atoms with Gasteiger partial charge >= 0.3 is 0 Å². The van der Waals surface area contributed by atoms with Gasteiger partial charge in [-0.2, -0.15) is 4.98 Å². The van der Waals surface area contributed by atoms with Crippen molar-refractivity contribution >= 4 is 27.3 Å². The molecule has 1 unspecified atom stereocenters. The van der Waals surface area contributed by atoms with Crippen LogP contribution in [-0.4, -0.2) is 39.7 Å². The summed E-state index contributed by atoms with van der Waals surface area (Å²) < 4.78 is 44.6. The Labute approximate surface area is 191 Å². The molecule has 0 bridgehead atoms. The van der Waals surface area contributed by atoms with Crippen molar-refractivity contribution in [3.8, 4) is 23.0 Å². The van der Waals surface area contributed by atoms with Crippen LogP contribution in [0.1, 0.15) is 19.8 Å². The van der Waals surface area contributed by atoms with Crippen LogP contribution in [0.25, 0.3) is 11.5 Å². The molecule has 7 nitrogen and oxygen atoms in total. The van der Waals surface area contributed by atoms with Crippen molar-refractivity contribution in [3.05, 3.63) is 47.5 Å². The number of piperidine rings is 1. The maximum absolute atomic E-state index is 13.7. The van der Waals surface area contributed by atoms with Crippen molar-refractivity contribution in [1.82, 2.24) is 4.98 Å². The highest BCUT2D eigenvalue weighted by molar-refractivity contribution is 7.91. The molecule has 0 N–H and O–H groups in total. The topological polar surface area (TPSA) is 81.9 Å². The fraction of sp³-hybridized carbons (Fsp3) is 0.348. The van der Waals surface area contributed by atoms with Crippen molar-refractivity contribution in [3.63, 3.8) is 0 Å². The number of ether oxygens (including phenoxy) is 2. The fourth-order valence-electron chi connectivity index (χ4n) is 4.09. The van der Waals surface area contributed by atoms with Crippen LogP contribution in [0, 0.1) is 5.92 Å². The van der Waals surface area contributed by atoms with E-state index in [0.717, 1.165) is 12.8 Å². The Morgan fingerprint density at radius 2 is 1.91 bits per heavy atom. The number of fused-ring (bicyclic) bond motifs is 1. The van der Waals surface area contributed by atoms with E-state index in [1.807, 2.05) is 4.90 Å². The molecule has 1 aromatic heterocycles. The van der Waals surface area contributed by atoms with Gasteiger partial charge in [-0.15, -0.1) is 0 Å². The lowest BCUT2D eigenvalue weighted by atomic mass is 10.0. The molecule has 0 aliphatic carbocycles. The molecule has 2 aliphatic rings. The summed E-state index contributed by atoms with van der Waals surface area (Å²) in [5, 5.41) is 0.420. The molecule has 2 aromatic carbocycles. The van der Waals surface area contributed by atoms with Gasteiger partial charge in [0.25, 0.3) is 0 Å². The highest BCUT2D eigenvalue weighted by atomic mass is 35.5. The third-order valence-corrected chi connectivity index (χ3v) is 7.56. The minimum atomic E-state index is -3.98. The Kier molecular flexibility index (Phi) is 5.51. The van der Waals surface area contributed by atoms with Gasteiger partial charge in [0.1, 0.15) is 13.2 Å². The maximum atomic E-state index is 13.7. The minimum Gasteiger partial charge on any atom is -0.486 e. The summed E-state index contributed by atoms with van der Waals surface area (Å²) in [6.07, 6.45) is 2.05. The molecule has 168 valence electrons. The lowest BCUT2D eigenvalue weighted by Gasteiger charge is -2.30. The highest BCUT2D eigenvalue weighted by Crippen LogP contribution is 2.39. The average molecular weight is 475 g/mol. The van der Waals surface area contributed by atoms with Gasteiger partial charge in [0.15, 0.2) is 11.5 Å². The van der Waals surface area contributed by atoms with Crippen LogP contribution in [-0.2, 0) is 9.84 Å². The van der Waals surface area contributed by atoms with Gasteiger partial charge in [-0.05, 0) is 49.1 Å². The van der Waals surface area contributed by atoms with Gasteiger partial charge in [0.2, 0.25) is 26.6 Å².